The Morgan fingerprint density at radius 3 is 2.58 bits per heavy atom. The number of nitrogens with one attached hydrogen (secondary N) is 1. The van der Waals surface area contributed by atoms with Gasteiger partial charge in [0.25, 0.3) is 0 Å². The summed E-state index contributed by atoms with van der Waals surface area (Å²) in [6.07, 6.45) is 1.95. The first kappa shape index (κ1) is 15.0. The average molecular weight is 302 g/mol. The summed E-state index contributed by atoms with van der Waals surface area (Å²) in [6.45, 7) is 8.13. The van der Waals surface area contributed by atoms with Crippen molar-refractivity contribution < 1.29 is 8.42 Å². The second-order valence-corrected chi connectivity index (χ2v) is 8.53. The summed E-state index contributed by atoms with van der Waals surface area (Å²) in [6, 6.07) is 2.24. The maximum Gasteiger partial charge on any atom is 0.244 e. The molecular formula is C13H22N2O2S2. The van der Waals surface area contributed by atoms with Crippen LogP contribution in [0.25, 0.3) is 0 Å². The van der Waals surface area contributed by atoms with E-state index in [1.54, 1.807) is 15.6 Å². The first-order chi connectivity index (χ1) is 8.91. The van der Waals surface area contributed by atoms with E-state index in [4.69, 9.17) is 0 Å². The third-order valence-electron chi connectivity index (χ3n) is 3.29. The van der Waals surface area contributed by atoms with Gasteiger partial charge in [0.2, 0.25) is 10.0 Å². The Labute approximate surface area is 119 Å². The largest absolute Gasteiger partial charge is 0.310 e. The summed E-state index contributed by atoms with van der Waals surface area (Å²) >= 11 is 1.57. The van der Waals surface area contributed by atoms with Crippen molar-refractivity contribution in [3.8, 4) is 0 Å². The van der Waals surface area contributed by atoms with Crippen LogP contribution in [-0.4, -0.2) is 31.9 Å². The van der Waals surface area contributed by atoms with Crippen LogP contribution in [0.5, 0.6) is 0 Å². The summed E-state index contributed by atoms with van der Waals surface area (Å²) in [5, 5.41) is 3.33. The second-order valence-electron chi connectivity index (χ2n) is 5.28. The summed E-state index contributed by atoms with van der Waals surface area (Å²) in [5.41, 5.74) is 0. The molecule has 0 aromatic carbocycles. The lowest BCUT2D eigenvalue weighted by Crippen LogP contribution is -2.28. The number of thiophene rings is 1. The van der Waals surface area contributed by atoms with Gasteiger partial charge in [0.15, 0.2) is 0 Å². The molecule has 1 aromatic rings. The molecule has 0 atom stereocenters. The minimum absolute atomic E-state index is 0.404. The van der Waals surface area contributed by atoms with E-state index in [1.807, 2.05) is 13.0 Å². The van der Waals surface area contributed by atoms with Crippen molar-refractivity contribution >= 4 is 21.4 Å². The molecule has 4 nitrogen and oxygen atoms in total. The summed E-state index contributed by atoms with van der Waals surface area (Å²) in [5.74, 6) is 0. The normalized spacial score (nSPS) is 17.5. The molecule has 1 aliphatic heterocycles. The Kier molecular flexibility index (Phi) is 4.66. The first-order valence-corrected chi connectivity index (χ1v) is 9.00. The molecule has 1 aromatic heterocycles. The van der Waals surface area contributed by atoms with Crippen LogP contribution in [0.15, 0.2) is 11.0 Å². The number of hydrogen-bond donors (Lipinski definition) is 1. The van der Waals surface area contributed by atoms with E-state index in [1.165, 1.54) is 0 Å². The highest BCUT2D eigenvalue weighted by molar-refractivity contribution is 7.89. The van der Waals surface area contributed by atoms with Crippen LogP contribution in [0.2, 0.25) is 0 Å². The molecule has 19 heavy (non-hydrogen) atoms. The van der Waals surface area contributed by atoms with Crippen molar-refractivity contribution in [1.29, 1.82) is 0 Å². The zero-order valence-electron chi connectivity index (χ0n) is 11.8. The molecule has 108 valence electrons. The highest BCUT2D eigenvalue weighted by Gasteiger charge is 2.29. The molecule has 1 saturated heterocycles. The van der Waals surface area contributed by atoms with Gasteiger partial charge in [0.1, 0.15) is 0 Å². The Balaban J connectivity index is 2.20. The maximum absolute atomic E-state index is 12.5. The van der Waals surface area contributed by atoms with Crippen LogP contribution < -0.4 is 5.32 Å². The van der Waals surface area contributed by atoms with Crippen LogP contribution in [0.3, 0.4) is 0 Å². The Bertz CT molecular complexity index is 529. The number of aryl methyl sites for hydroxylation is 1. The fraction of sp³-hybridized carbons (Fsp3) is 0.692. The summed E-state index contributed by atoms with van der Waals surface area (Å²) < 4.78 is 26.7. The van der Waals surface area contributed by atoms with Gasteiger partial charge in [0.05, 0.1) is 4.90 Å². The van der Waals surface area contributed by atoms with E-state index in [-0.39, 0.29) is 0 Å². The van der Waals surface area contributed by atoms with Gasteiger partial charge in [-0.2, -0.15) is 4.31 Å². The van der Waals surface area contributed by atoms with Gasteiger partial charge < -0.3 is 5.32 Å². The molecule has 2 heterocycles. The van der Waals surface area contributed by atoms with Crippen LogP contribution in [-0.2, 0) is 16.6 Å². The molecule has 1 aliphatic rings. The minimum Gasteiger partial charge on any atom is -0.310 e. The molecule has 0 amide bonds. The van der Waals surface area contributed by atoms with Gasteiger partial charge in [-0.15, -0.1) is 11.3 Å². The van der Waals surface area contributed by atoms with Crippen molar-refractivity contribution in [3.05, 3.63) is 15.8 Å². The Hall–Kier alpha value is -0.430. The van der Waals surface area contributed by atoms with Crippen LogP contribution in [0, 0.1) is 6.92 Å². The lowest BCUT2D eigenvalue weighted by Gasteiger charge is -2.14. The van der Waals surface area contributed by atoms with Gasteiger partial charge in [-0.1, -0.05) is 13.8 Å². The molecular weight excluding hydrogens is 280 g/mol. The van der Waals surface area contributed by atoms with Crippen molar-refractivity contribution in [2.75, 3.05) is 13.1 Å². The predicted octanol–water partition coefficient (Wildman–Crippen LogP) is 2.34. The van der Waals surface area contributed by atoms with Gasteiger partial charge in [0, 0.05) is 35.4 Å². The molecule has 0 aliphatic carbocycles. The van der Waals surface area contributed by atoms with Crippen LogP contribution >= 0.6 is 11.3 Å². The average Bonchev–Trinajstić information content (AvgIpc) is 2.95. The topological polar surface area (TPSA) is 49.4 Å². The monoisotopic (exact) mass is 302 g/mol. The van der Waals surface area contributed by atoms with Crippen molar-refractivity contribution in [3.63, 3.8) is 0 Å². The minimum atomic E-state index is -3.27. The van der Waals surface area contributed by atoms with Crippen LogP contribution in [0.1, 0.15) is 36.4 Å². The van der Waals surface area contributed by atoms with E-state index in [9.17, 15) is 8.42 Å². The first-order valence-electron chi connectivity index (χ1n) is 6.74. The fourth-order valence-electron chi connectivity index (χ4n) is 2.24. The number of sulfonamides is 1. The molecule has 1 N–H and O–H groups in total. The molecule has 6 heteroatoms. The van der Waals surface area contributed by atoms with Crippen molar-refractivity contribution in [2.45, 2.75) is 51.1 Å². The predicted molar refractivity (Wildman–Crippen MR) is 79.0 cm³/mol. The van der Waals surface area contributed by atoms with E-state index in [0.717, 1.165) is 29.1 Å². The molecule has 1 fully saturated rings. The molecule has 0 radical (unpaired) electrons. The van der Waals surface area contributed by atoms with E-state index < -0.39 is 10.0 Å². The number of rotatable bonds is 5. The fourth-order valence-corrected chi connectivity index (χ4v) is 5.31. The molecule has 0 saturated carbocycles. The van der Waals surface area contributed by atoms with E-state index >= 15 is 0 Å². The van der Waals surface area contributed by atoms with E-state index in [0.29, 0.717) is 24.0 Å². The van der Waals surface area contributed by atoms with Gasteiger partial charge in [-0.05, 0) is 25.8 Å². The smallest absolute Gasteiger partial charge is 0.244 e. The number of nitrogens with zero attached hydrogens (tertiary/aromatic N) is 1. The highest BCUT2D eigenvalue weighted by Crippen LogP contribution is 2.29. The van der Waals surface area contributed by atoms with Crippen molar-refractivity contribution in [2.24, 2.45) is 0 Å². The van der Waals surface area contributed by atoms with Crippen molar-refractivity contribution in [1.82, 2.24) is 9.62 Å². The standard InChI is InChI=1S/C13H22N2O2S2/c1-10(2)14-9-12-8-13(11(3)18-12)19(16,17)15-6-4-5-7-15/h8,10,14H,4-7,9H2,1-3H3. The number of hydrogen-bond acceptors (Lipinski definition) is 4. The zero-order valence-corrected chi connectivity index (χ0v) is 13.4. The third-order valence-corrected chi connectivity index (χ3v) is 6.50. The lowest BCUT2D eigenvalue weighted by molar-refractivity contribution is 0.477. The SMILES string of the molecule is Cc1sc(CNC(C)C)cc1S(=O)(=O)N1CCCC1. The molecule has 2 rings (SSSR count). The highest BCUT2D eigenvalue weighted by atomic mass is 32.2. The Morgan fingerprint density at radius 1 is 1.37 bits per heavy atom. The molecule has 0 bridgehead atoms. The van der Waals surface area contributed by atoms with Crippen LogP contribution in [0.4, 0.5) is 0 Å². The summed E-state index contributed by atoms with van der Waals surface area (Å²) in [7, 11) is -3.27. The summed E-state index contributed by atoms with van der Waals surface area (Å²) in [4.78, 5) is 2.48. The molecule has 0 spiro atoms. The second kappa shape index (κ2) is 5.91. The quantitative estimate of drug-likeness (QED) is 0.908. The lowest BCUT2D eigenvalue weighted by atomic mass is 10.3. The van der Waals surface area contributed by atoms with Gasteiger partial charge in [-0.25, -0.2) is 8.42 Å². The van der Waals surface area contributed by atoms with Gasteiger partial charge >= 0.3 is 0 Å². The van der Waals surface area contributed by atoms with E-state index in [2.05, 4.69) is 19.2 Å². The third kappa shape index (κ3) is 3.37. The van der Waals surface area contributed by atoms with Gasteiger partial charge in [-0.3, -0.25) is 0 Å². The zero-order chi connectivity index (χ0) is 14.0. The molecule has 0 unspecified atom stereocenters. The Morgan fingerprint density at radius 2 is 2.00 bits per heavy atom. The maximum atomic E-state index is 12.5.